The van der Waals surface area contributed by atoms with Gasteiger partial charge >= 0.3 is 5.97 Å². The molecule has 0 radical (unpaired) electrons. The van der Waals surface area contributed by atoms with E-state index in [-0.39, 0.29) is 31.9 Å². The summed E-state index contributed by atoms with van der Waals surface area (Å²) in [6, 6.07) is 8.09. The minimum Gasteiger partial charge on any atom is -0.452 e. The van der Waals surface area contributed by atoms with Crippen molar-refractivity contribution >= 4 is 43.5 Å². The first-order valence-corrected chi connectivity index (χ1v) is 11.5. The molecule has 0 bridgehead atoms. The molecule has 0 saturated carbocycles. The van der Waals surface area contributed by atoms with Crippen LogP contribution in [0, 0.1) is 12.7 Å². The van der Waals surface area contributed by atoms with Crippen molar-refractivity contribution < 1.29 is 31.9 Å². The van der Waals surface area contributed by atoms with Gasteiger partial charge in [-0.2, -0.15) is 4.31 Å². The van der Waals surface area contributed by atoms with Gasteiger partial charge in [-0.05, 0) is 48.9 Å². The predicted octanol–water partition coefficient (Wildman–Crippen LogP) is 2.71. The molecule has 31 heavy (non-hydrogen) atoms. The molecule has 0 aliphatic carbocycles. The Labute approximate surface area is 187 Å². The normalized spacial score (nSPS) is 14.8. The first-order chi connectivity index (χ1) is 14.7. The maximum absolute atomic E-state index is 14.2. The number of sulfonamides is 1. The lowest BCUT2D eigenvalue weighted by atomic mass is 10.2. The summed E-state index contributed by atoms with van der Waals surface area (Å²) in [6.07, 6.45) is 0. The number of halogens is 2. The SMILES string of the molecule is Cc1cc(NC(=O)COC(=O)c2ccc(F)c(S(=O)(=O)N3CCOCC3)c2)ccc1Br. The number of esters is 1. The first-order valence-electron chi connectivity index (χ1n) is 9.29. The van der Waals surface area contributed by atoms with Crippen LogP contribution in [0.4, 0.5) is 10.1 Å². The van der Waals surface area contributed by atoms with E-state index in [1.807, 2.05) is 6.92 Å². The highest BCUT2D eigenvalue weighted by molar-refractivity contribution is 9.10. The van der Waals surface area contributed by atoms with E-state index < -0.39 is 39.2 Å². The number of anilines is 1. The van der Waals surface area contributed by atoms with Gasteiger partial charge < -0.3 is 14.8 Å². The number of morpholine rings is 1. The molecule has 2 aromatic rings. The van der Waals surface area contributed by atoms with Crippen molar-refractivity contribution in [3.8, 4) is 0 Å². The van der Waals surface area contributed by atoms with Crippen LogP contribution in [0.25, 0.3) is 0 Å². The molecule has 1 amide bonds. The Balaban J connectivity index is 1.67. The Bertz CT molecular complexity index is 1100. The maximum Gasteiger partial charge on any atom is 0.338 e. The van der Waals surface area contributed by atoms with Crippen LogP contribution in [0.15, 0.2) is 45.8 Å². The first kappa shape index (κ1) is 23.3. The minimum absolute atomic E-state index is 0.0894. The average molecular weight is 515 g/mol. The Morgan fingerprint density at radius 2 is 1.90 bits per heavy atom. The van der Waals surface area contributed by atoms with Crippen LogP contribution in [0.3, 0.4) is 0 Å². The minimum atomic E-state index is -4.14. The second-order valence-electron chi connectivity index (χ2n) is 6.75. The van der Waals surface area contributed by atoms with Gasteiger partial charge in [0, 0.05) is 23.2 Å². The number of aryl methyl sites for hydroxylation is 1. The van der Waals surface area contributed by atoms with E-state index in [4.69, 9.17) is 9.47 Å². The van der Waals surface area contributed by atoms with Crippen LogP contribution in [0.5, 0.6) is 0 Å². The highest BCUT2D eigenvalue weighted by atomic mass is 79.9. The van der Waals surface area contributed by atoms with Gasteiger partial charge in [-0.1, -0.05) is 15.9 Å². The molecule has 8 nitrogen and oxygen atoms in total. The fraction of sp³-hybridized carbons (Fsp3) is 0.300. The Kier molecular flexibility index (Phi) is 7.42. The third-order valence-corrected chi connectivity index (χ3v) is 7.33. The lowest BCUT2D eigenvalue weighted by Gasteiger charge is -2.26. The molecule has 11 heteroatoms. The quantitative estimate of drug-likeness (QED) is 0.594. The molecule has 1 fully saturated rings. The van der Waals surface area contributed by atoms with Crippen molar-refractivity contribution in [2.24, 2.45) is 0 Å². The van der Waals surface area contributed by atoms with Crippen LogP contribution >= 0.6 is 15.9 Å². The zero-order valence-corrected chi connectivity index (χ0v) is 19.0. The number of ether oxygens (including phenoxy) is 2. The monoisotopic (exact) mass is 514 g/mol. The number of rotatable bonds is 6. The Morgan fingerprint density at radius 1 is 1.19 bits per heavy atom. The van der Waals surface area contributed by atoms with E-state index in [0.29, 0.717) is 5.69 Å². The van der Waals surface area contributed by atoms with Crippen LogP contribution in [-0.2, 0) is 24.3 Å². The van der Waals surface area contributed by atoms with E-state index in [0.717, 1.165) is 32.5 Å². The van der Waals surface area contributed by atoms with Gasteiger partial charge in [-0.25, -0.2) is 17.6 Å². The smallest absolute Gasteiger partial charge is 0.338 e. The van der Waals surface area contributed by atoms with E-state index >= 15 is 0 Å². The lowest BCUT2D eigenvalue weighted by molar-refractivity contribution is -0.119. The van der Waals surface area contributed by atoms with Crippen LogP contribution < -0.4 is 5.32 Å². The van der Waals surface area contributed by atoms with E-state index in [9.17, 15) is 22.4 Å². The van der Waals surface area contributed by atoms with Gasteiger partial charge in [0.25, 0.3) is 5.91 Å². The standard InChI is InChI=1S/C20H20BrFN2O6S/c1-13-10-15(3-4-16(13)21)23-19(25)12-30-20(26)14-2-5-17(22)18(11-14)31(27,28)24-6-8-29-9-7-24/h2-5,10-11H,6-9,12H2,1H3,(H,23,25). The van der Waals surface area contributed by atoms with Crippen molar-refractivity contribution in [2.75, 3.05) is 38.2 Å². The fourth-order valence-electron chi connectivity index (χ4n) is 2.89. The summed E-state index contributed by atoms with van der Waals surface area (Å²) in [7, 11) is -4.14. The van der Waals surface area contributed by atoms with Gasteiger partial charge in [0.15, 0.2) is 6.61 Å². The van der Waals surface area contributed by atoms with E-state index in [1.54, 1.807) is 18.2 Å². The lowest BCUT2D eigenvalue weighted by Crippen LogP contribution is -2.41. The maximum atomic E-state index is 14.2. The molecular weight excluding hydrogens is 495 g/mol. The van der Waals surface area contributed by atoms with Crippen molar-refractivity contribution in [2.45, 2.75) is 11.8 Å². The van der Waals surface area contributed by atoms with Gasteiger partial charge in [0.2, 0.25) is 10.0 Å². The number of amides is 1. The average Bonchev–Trinajstić information content (AvgIpc) is 2.75. The van der Waals surface area contributed by atoms with Crippen molar-refractivity contribution in [3.63, 3.8) is 0 Å². The molecule has 3 rings (SSSR count). The molecule has 1 saturated heterocycles. The highest BCUT2D eigenvalue weighted by Gasteiger charge is 2.30. The summed E-state index contributed by atoms with van der Waals surface area (Å²) in [5.41, 5.74) is 1.26. The van der Waals surface area contributed by atoms with E-state index in [2.05, 4.69) is 21.2 Å². The van der Waals surface area contributed by atoms with Crippen LogP contribution in [-0.4, -0.2) is 57.5 Å². The number of carbonyl (C=O) groups is 2. The summed E-state index contributed by atoms with van der Waals surface area (Å²) in [5, 5.41) is 2.59. The third kappa shape index (κ3) is 5.67. The summed E-state index contributed by atoms with van der Waals surface area (Å²) in [4.78, 5) is 23.7. The summed E-state index contributed by atoms with van der Waals surface area (Å²) in [5.74, 6) is -2.50. The van der Waals surface area contributed by atoms with Gasteiger partial charge in [-0.3, -0.25) is 4.79 Å². The van der Waals surface area contributed by atoms with Crippen molar-refractivity contribution in [1.29, 1.82) is 0 Å². The molecule has 1 aliphatic rings. The van der Waals surface area contributed by atoms with E-state index in [1.165, 1.54) is 0 Å². The summed E-state index contributed by atoms with van der Waals surface area (Å²) in [6.45, 7) is 1.86. The number of hydrogen-bond donors (Lipinski definition) is 1. The molecule has 2 aromatic carbocycles. The van der Waals surface area contributed by atoms with Gasteiger partial charge in [0.05, 0.1) is 18.8 Å². The zero-order valence-electron chi connectivity index (χ0n) is 16.6. The molecule has 0 spiro atoms. The molecule has 1 aliphatic heterocycles. The Morgan fingerprint density at radius 3 is 2.58 bits per heavy atom. The molecule has 1 heterocycles. The largest absolute Gasteiger partial charge is 0.452 e. The highest BCUT2D eigenvalue weighted by Crippen LogP contribution is 2.23. The summed E-state index contributed by atoms with van der Waals surface area (Å²) < 4.78 is 51.7. The number of benzene rings is 2. The molecule has 0 unspecified atom stereocenters. The van der Waals surface area contributed by atoms with Crippen LogP contribution in [0.2, 0.25) is 0 Å². The van der Waals surface area contributed by atoms with Crippen molar-refractivity contribution in [1.82, 2.24) is 4.31 Å². The van der Waals surface area contributed by atoms with Crippen LogP contribution in [0.1, 0.15) is 15.9 Å². The third-order valence-electron chi connectivity index (χ3n) is 4.53. The molecule has 0 aromatic heterocycles. The fourth-order valence-corrected chi connectivity index (χ4v) is 4.63. The predicted molar refractivity (Wildman–Crippen MR) is 114 cm³/mol. The number of nitrogens with one attached hydrogen (secondary N) is 1. The molecule has 166 valence electrons. The second kappa shape index (κ2) is 9.86. The van der Waals surface area contributed by atoms with Gasteiger partial charge in [-0.15, -0.1) is 0 Å². The second-order valence-corrected chi connectivity index (χ2v) is 9.51. The number of nitrogens with zero attached hydrogens (tertiary/aromatic N) is 1. The topological polar surface area (TPSA) is 102 Å². The number of hydrogen-bond acceptors (Lipinski definition) is 6. The zero-order chi connectivity index (χ0) is 22.6. The molecular formula is C20H20BrFN2O6S. The molecule has 0 atom stereocenters. The Hall–Kier alpha value is -2.34. The number of carbonyl (C=O) groups excluding carboxylic acids is 2. The summed E-state index contributed by atoms with van der Waals surface area (Å²) >= 11 is 3.36. The van der Waals surface area contributed by atoms with Crippen molar-refractivity contribution in [3.05, 3.63) is 57.8 Å². The molecule has 1 N–H and O–H groups in total. The van der Waals surface area contributed by atoms with Gasteiger partial charge in [0.1, 0.15) is 10.7 Å².